The zero-order valence-electron chi connectivity index (χ0n) is 10.8. The molecule has 2 rings (SSSR count). The Balaban J connectivity index is 2.00. The van der Waals surface area contributed by atoms with Crippen LogP contribution in [0.4, 0.5) is 13.2 Å². The number of hydrogen-bond acceptors (Lipinski definition) is 2. The first-order chi connectivity index (χ1) is 9.97. The number of carbonyl (C=O) groups excluding carboxylic acids is 1. The first-order valence-corrected chi connectivity index (χ1v) is 6.14. The summed E-state index contributed by atoms with van der Waals surface area (Å²) in [7, 11) is 0. The van der Waals surface area contributed by atoms with Crippen LogP contribution in [0.25, 0.3) is 0 Å². The molecule has 110 valence electrons. The lowest BCUT2D eigenvalue weighted by atomic mass is 10.1. The standard InChI is InChI=1S/C15H12F3NO2/c16-10-3-1-2-9(6-10)15(21)19-8-14(20)12-5-4-11(17)7-13(12)18/h1-7,14,20H,8H2,(H,19,21). The Hall–Kier alpha value is -2.34. The van der Waals surface area contributed by atoms with Crippen LogP contribution in [0.2, 0.25) is 0 Å². The van der Waals surface area contributed by atoms with Gasteiger partial charge in [-0.1, -0.05) is 12.1 Å². The Labute approximate surface area is 119 Å². The molecule has 6 heteroatoms. The number of halogens is 3. The van der Waals surface area contributed by atoms with Crippen LogP contribution in [0.5, 0.6) is 0 Å². The van der Waals surface area contributed by atoms with Gasteiger partial charge in [-0.05, 0) is 24.3 Å². The van der Waals surface area contributed by atoms with Crippen molar-refractivity contribution in [2.75, 3.05) is 6.54 Å². The van der Waals surface area contributed by atoms with E-state index in [1.165, 1.54) is 18.2 Å². The summed E-state index contributed by atoms with van der Waals surface area (Å²) < 4.78 is 39.2. The molecule has 0 aliphatic heterocycles. The SMILES string of the molecule is O=C(NCC(O)c1ccc(F)cc1F)c1cccc(F)c1. The third kappa shape index (κ3) is 3.82. The highest BCUT2D eigenvalue weighted by Crippen LogP contribution is 2.17. The first-order valence-electron chi connectivity index (χ1n) is 6.14. The van der Waals surface area contributed by atoms with Gasteiger partial charge in [0.25, 0.3) is 5.91 Å². The fourth-order valence-corrected chi connectivity index (χ4v) is 1.80. The van der Waals surface area contributed by atoms with Gasteiger partial charge in [-0.15, -0.1) is 0 Å². The molecule has 2 N–H and O–H groups in total. The van der Waals surface area contributed by atoms with Crippen LogP contribution < -0.4 is 5.32 Å². The zero-order valence-corrected chi connectivity index (χ0v) is 10.8. The van der Waals surface area contributed by atoms with E-state index in [0.717, 1.165) is 18.2 Å². The fraction of sp³-hybridized carbons (Fsp3) is 0.133. The van der Waals surface area contributed by atoms with Crippen molar-refractivity contribution in [2.24, 2.45) is 0 Å². The number of aliphatic hydroxyl groups is 1. The number of benzene rings is 2. The summed E-state index contributed by atoms with van der Waals surface area (Å²) in [5.74, 6) is -2.82. The van der Waals surface area contributed by atoms with Gasteiger partial charge in [0.2, 0.25) is 0 Å². The predicted octanol–water partition coefficient (Wildman–Crippen LogP) is 2.57. The molecule has 0 fully saturated rings. The number of aliphatic hydroxyl groups excluding tert-OH is 1. The lowest BCUT2D eigenvalue weighted by Gasteiger charge is -2.13. The first kappa shape index (κ1) is 15.1. The van der Waals surface area contributed by atoms with Gasteiger partial charge in [0, 0.05) is 23.7 Å². The van der Waals surface area contributed by atoms with Crippen LogP contribution in [0, 0.1) is 17.5 Å². The summed E-state index contributed by atoms with van der Waals surface area (Å²) in [4.78, 5) is 11.7. The van der Waals surface area contributed by atoms with E-state index in [2.05, 4.69) is 5.32 Å². The Kier molecular flexibility index (Phi) is 4.59. The second-order valence-electron chi connectivity index (χ2n) is 4.40. The molecular formula is C15H12F3NO2. The van der Waals surface area contributed by atoms with E-state index in [4.69, 9.17) is 0 Å². The molecule has 0 aliphatic rings. The number of carbonyl (C=O) groups is 1. The molecule has 2 aromatic rings. The molecule has 0 heterocycles. The lowest BCUT2D eigenvalue weighted by Crippen LogP contribution is -2.28. The molecule has 0 radical (unpaired) electrons. The number of amides is 1. The van der Waals surface area contributed by atoms with Gasteiger partial charge in [-0.2, -0.15) is 0 Å². The van der Waals surface area contributed by atoms with E-state index in [0.29, 0.717) is 6.07 Å². The highest BCUT2D eigenvalue weighted by Gasteiger charge is 2.15. The largest absolute Gasteiger partial charge is 0.386 e. The fourth-order valence-electron chi connectivity index (χ4n) is 1.80. The molecule has 0 bridgehead atoms. The van der Waals surface area contributed by atoms with Crippen LogP contribution in [0.3, 0.4) is 0 Å². The molecule has 0 aliphatic carbocycles. The van der Waals surface area contributed by atoms with Crippen LogP contribution in [-0.2, 0) is 0 Å². The van der Waals surface area contributed by atoms with E-state index in [-0.39, 0.29) is 17.7 Å². The maximum atomic E-state index is 13.4. The van der Waals surface area contributed by atoms with Gasteiger partial charge in [0.15, 0.2) is 0 Å². The van der Waals surface area contributed by atoms with E-state index < -0.39 is 29.5 Å². The van der Waals surface area contributed by atoms with Gasteiger partial charge >= 0.3 is 0 Å². The van der Waals surface area contributed by atoms with E-state index in [9.17, 15) is 23.1 Å². The summed E-state index contributed by atoms with van der Waals surface area (Å²) in [5, 5.41) is 12.1. The summed E-state index contributed by atoms with van der Waals surface area (Å²) in [6, 6.07) is 7.77. The van der Waals surface area contributed by atoms with Crippen molar-refractivity contribution in [1.29, 1.82) is 0 Å². The number of nitrogens with one attached hydrogen (secondary N) is 1. The number of rotatable bonds is 4. The molecular weight excluding hydrogens is 283 g/mol. The van der Waals surface area contributed by atoms with Gasteiger partial charge in [0.1, 0.15) is 17.5 Å². The van der Waals surface area contributed by atoms with E-state index in [1.54, 1.807) is 0 Å². The van der Waals surface area contributed by atoms with Crippen molar-refractivity contribution >= 4 is 5.91 Å². The monoisotopic (exact) mass is 295 g/mol. The quantitative estimate of drug-likeness (QED) is 0.911. The average molecular weight is 295 g/mol. The third-order valence-corrected chi connectivity index (χ3v) is 2.86. The molecule has 0 aromatic heterocycles. The van der Waals surface area contributed by atoms with Crippen molar-refractivity contribution in [3.8, 4) is 0 Å². The van der Waals surface area contributed by atoms with Crippen molar-refractivity contribution in [3.05, 3.63) is 71.0 Å². The molecule has 1 amide bonds. The molecule has 0 saturated heterocycles. The van der Waals surface area contributed by atoms with E-state index >= 15 is 0 Å². The maximum Gasteiger partial charge on any atom is 0.251 e. The maximum absolute atomic E-state index is 13.4. The van der Waals surface area contributed by atoms with Gasteiger partial charge in [-0.25, -0.2) is 13.2 Å². The van der Waals surface area contributed by atoms with Crippen LogP contribution in [-0.4, -0.2) is 17.6 Å². The zero-order chi connectivity index (χ0) is 15.4. The Bertz CT molecular complexity index is 661. The van der Waals surface area contributed by atoms with Crippen LogP contribution >= 0.6 is 0 Å². The second kappa shape index (κ2) is 6.41. The highest BCUT2D eigenvalue weighted by atomic mass is 19.1. The molecule has 0 saturated carbocycles. The molecule has 1 atom stereocenters. The molecule has 0 spiro atoms. The van der Waals surface area contributed by atoms with Crippen molar-refractivity contribution in [3.63, 3.8) is 0 Å². The Morgan fingerprint density at radius 3 is 2.48 bits per heavy atom. The third-order valence-electron chi connectivity index (χ3n) is 2.86. The predicted molar refractivity (Wildman–Crippen MR) is 70.1 cm³/mol. The van der Waals surface area contributed by atoms with Gasteiger partial charge in [0.05, 0.1) is 6.10 Å². The summed E-state index contributed by atoms with van der Waals surface area (Å²) in [6.45, 7) is -0.280. The average Bonchev–Trinajstić information content (AvgIpc) is 2.44. The van der Waals surface area contributed by atoms with Crippen LogP contribution in [0.1, 0.15) is 22.0 Å². The summed E-state index contributed by atoms with van der Waals surface area (Å²) in [6.07, 6.45) is -1.33. The van der Waals surface area contributed by atoms with Gasteiger partial charge in [-0.3, -0.25) is 4.79 Å². The molecule has 2 aromatic carbocycles. The Morgan fingerprint density at radius 2 is 1.81 bits per heavy atom. The normalized spacial score (nSPS) is 12.0. The summed E-state index contributed by atoms with van der Waals surface area (Å²) >= 11 is 0. The van der Waals surface area contributed by atoms with Crippen molar-refractivity contribution < 1.29 is 23.1 Å². The molecule has 3 nitrogen and oxygen atoms in total. The van der Waals surface area contributed by atoms with Crippen molar-refractivity contribution in [2.45, 2.75) is 6.10 Å². The van der Waals surface area contributed by atoms with Gasteiger partial charge < -0.3 is 10.4 Å². The Morgan fingerprint density at radius 1 is 1.10 bits per heavy atom. The number of hydrogen-bond donors (Lipinski definition) is 2. The highest BCUT2D eigenvalue weighted by molar-refractivity contribution is 5.94. The second-order valence-corrected chi connectivity index (χ2v) is 4.40. The lowest BCUT2D eigenvalue weighted by molar-refractivity contribution is 0.0913. The van der Waals surface area contributed by atoms with E-state index in [1.807, 2.05) is 0 Å². The smallest absolute Gasteiger partial charge is 0.251 e. The summed E-state index contributed by atoms with van der Waals surface area (Å²) in [5.41, 5.74) is -0.0438. The van der Waals surface area contributed by atoms with Crippen LogP contribution in [0.15, 0.2) is 42.5 Å². The minimum Gasteiger partial charge on any atom is -0.386 e. The molecule has 21 heavy (non-hydrogen) atoms. The molecule has 1 unspecified atom stereocenters. The minimum atomic E-state index is -1.33. The topological polar surface area (TPSA) is 49.3 Å². The minimum absolute atomic E-state index is 0.0850. The van der Waals surface area contributed by atoms with Crippen molar-refractivity contribution in [1.82, 2.24) is 5.32 Å².